The third-order valence-electron chi connectivity index (χ3n) is 3.31. The molecule has 3 nitrogen and oxygen atoms in total. The van der Waals surface area contributed by atoms with E-state index in [0.29, 0.717) is 11.8 Å². The molecule has 1 aromatic rings. The first-order chi connectivity index (χ1) is 7.81. The van der Waals surface area contributed by atoms with Crippen LogP contribution in [-0.2, 0) is 0 Å². The zero-order valence-electron chi connectivity index (χ0n) is 9.23. The van der Waals surface area contributed by atoms with E-state index in [1.54, 1.807) is 12.4 Å². The molecule has 4 heteroatoms. The Morgan fingerprint density at radius 1 is 1.44 bits per heavy atom. The molecule has 0 aromatic carbocycles. The molecule has 2 atom stereocenters. The van der Waals surface area contributed by atoms with E-state index < -0.39 is 0 Å². The van der Waals surface area contributed by atoms with Crippen LogP contribution in [-0.4, -0.2) is 18.1 Å². The van der Waals surface area contributed by atoms with Crippen molar-refractivity contribution in [3.05, 3.63) is 22.9 Å². The second-order valence-corrected chi connectivity index (χ2v) is 5.16. The number of pyridine rings is 1. The van der Waals surface area contributed by atoms with E-state index in [1.807, 2.05) is 6.07 Å². The molecule has 0 spiro atoms. The van der Waals surface area contributed by atoms with Gasteiger partial charge < -0.3 is 10.5 Å². The third-order valence-corrected chi connectivity index (χ3v) is 3.90. The molecule has 2 N–H and O–H groups in total. The number of hydrogen-bond donors (Lipinski definition) is 1. The summed E-state index contributed by atoms with van der Waals surface area (Å²) < 4.78 is 6.72. The summed E-state index contributed by atoms with van der Waals surface area (Å²) in [6.07, 6.45) is 7.28. The Kier molecular flexibility index (Phi) is 4.18. The van der Waals surface area contributed by atoms with Gasteiger partial charge in [0.05, 0.1) is 11.1 Å². The van der Waals surface area contributed by atoms with Crippen LogP contribution in [0.25, 0.3) is 0 Å². The molecule has 0 radical (unpaired) electrons. The number of nitrogens with zero attached hydrogens (tertiary/aromatic N) is 1. The van der Waals surface area contributed by atoms with Gasteiger partial charge in [-0.15, -0.1) is 0 Å². The lowest BCUT2D eigenvalue weighted by atomic mass is 9.97. The first-order valence-electron chi connectivity index (χ1n) is 5.73. The second kappa shape index (κ2) is 5.64. The van der Waals surface area contributed by atoms with Gasteiger partial charge in [0.25, 0.3) is 0 Å². The maximum Gasteiger partial charge on any atom is 0.136 e. The van der Waals surface area contributed by atoms with Crippen molar-refractivity contribution in [3.63, 3.8) is 0 Å². The second-order valence-electron chi connectivity index (χ2n) is 4.30. The van der Waals surface area contributed by atoms with Gasteiger partial charge in [-0.3, -0.25) is 4.98 Å². The van der Waals surface area contributed by atoms with Crippen molar-refractivity contribution in [1.82, 2.24) is 4.98 Å². The minimum atomic E-state index is 0.616. The largest absolute Gasteiger partial charge is 0.492 e. The summed E-state index contributed by atoms with van der Waals surface area (Å²) in [7, 11) is 0. The van der Waals surface area contributed by atoms with E-state index in [2.05, 4.69) is 20.9 Å². The highest BCUT2D eigenvalue weighted by molar-refractivity contribution is 9.10. The van der Waals surface area contributed by atoms with E-state index in [0.717, 1.165) is 23.4 Å². The van der Waals surface area contributed by atoms with Gasteiger partial charge in [-0.1, -0.05) is 6.42 Å². The van der Waals surface area contributed by atoms with Crippen molar-refractivity contribution in [3.8, 4) is 5.75 Å². The molecule has 1 saturated carbocycles. The molecular formula is C12H17BrN2O. The fraction of sp³-hybridized carbons (Fsp3) is 0.583. The van der Waals surface area contributed by atoms with Crippen LogP contribution in [0.4, 0.5) is 0 Å². The topological polar surface area (TPSA) is 48.1 Å². The number of aromatic nitrogens is 1. The monoisotopic (exact) mass is 284 g/mol. The number of ether oxygens (including phenoxy) is 1. The third kappa shape index (κ3) is 2.74. The van der Waals surface area contributed by atoms with Crippen LogP contribution < -0.4 is 10.5 Å². The maximum atomic E-state index is 5.81. The minimum Gasteiger partial charge on any atom is -0.492 e. The molecule has 0 amide bonds. The van der Waals surface area contributed by atoms with Crippen LogP contribution in [0.1, 0.15) is 19.3 Å². The van der Waals surface area contributed by atoms with Gasteiger partial charge in [0.2, 0.25) is 0 Å². The van der Waals surface area contributed by atoms with Crippen LogP contribution in [0.3, 0.4) is 0 Å². The zero-order valence-corrected chi connectivity index (χ0v) is 10.8. The van der Waals surface area contributed by atoms with E-state index in [4.69, 9.17) is 10.5 Å². The van der Waals surface area contributed by atoms with Gasteiger partial charge in [0.15, 0.2) is 0 Å². The summed E-state index contributed by atoms with van der Waals surface area (Å²) in [6, 6.07) is 1.89. The molecule has 16 heavy (non-hydrogen) atoms. The minimum absolute atomic E-state index is 0.616. The van der Waals surface area contributed by atoms with E-state index >= 15 is 0 Å². The molecule has 1 heterocycles. The summed E-state index contributed by atoms with van der Waals surface area (Å²) in [5, 5.41) is 0. The van der Waals surface area contributed by atoms with Crippen molar-refractivity contribution >= 4 is 15.9 Å². The smallest absolute Gasteiger partial charge is 0.136 e. The molecule has 1 fully saturated rings. The van der Waals surface area contributed by atoms with E-state index in [1.165, 1.54) is 19.3 Å². The van der Waals surface area contributed by atoms with Gasteiger partial charge in [-0.25, -0.2) is 0 Å². The van der Waals surface area contributed by atoms with Gasteiger partial charge in [-0.2, -0.15) is 0 Å². The Bertz CT molecular complexity index is 346. The average molecular weight is 285 g/mol. The standard InChI is InChI=1S/C12H17BrN2O/c13-11-7-15-5-4-12(11)16-8-10-3-1-2-9(10)6-14/h4-5,7,9-10H,1-3,6,8,14H2. The Morgan fingerprint density at radius 3 is 3.00 bits per heavy atom. The Hall–Kier alpha value is -0.610. The average Bonchev–Trinajstić information content (AvgIpc) is 2.75. The van der Waals surface area contributed by atoms with Gasteiger partial charge in [-0.05, 0) is 53.2 Å². The Labute approximate surface area is 105 Å². The predicted molar refractivity (Wildman–Crippen MR) is 67.3 cm³/mol. The van der Waals surface area contributed by atoms with Gasteiger partial charge in [0.1, 0.15) is 5.75 Å². The van der Waals surface area contributed by atoms with E-state index in [9.17, 15) is 0 Å². The normalized spacial score (nSPS) is 24.6. The number of rotatable bonds is 4. The number of nitrogens with two attached hydrogens (primary N) is 1. The summed E-state index contributed by atoms with van der Waals surface area (Å²) in [4.78, 5) is 4.01. The van der Waals surface area contributed by atoms with E-state index in [-0.39, 0.29) is 0 Å². The molecule has 0 bridgehead atoms. The molecule has 0 saturated heterocycles. The predicted octanol–water partition coefficient (Wildman–Crippen LogP) is 2.60. The first-order valence-corrected chi connectivity index (χ1v) is 6.53. The Morgan fingerprint density at radius 2 is 2.25 bits per heavy atom. The van der Waals surface area contributed by atoms with Crippen LogP contribution in [0, 0.1) is 11.8 Å². The molecule has 1 aliphatic carbocycles. The van der Waals surface area contributed by atoms with Crippen LogP contribution >= 0.6 is 15.9 Å². The lowest BCUT2D eigenvalue weighted by Gasteiger charge is -2.18. The summed E-state index contributed by atoms with van der Waals surface area (Å²) in [6.45, 7) is 1.55. The number of halogens is 1. The fourth-order valence-corrected chi connectivity index (χ4v) is 2.68. The highest BCUT2D eigenvalue weighted by Gasteiger charge is 2.26. The van der Waals surface area contributed by atoms with Crippen molar-refractivity contribution in [2.75, 3.05) is 13.2 Å². The first kappa shape index (κ1) is 11.9. The van der Waals surface area contributed by atoms with Crippen LogP contribution in [0.15, 0.2) is 22.9 Å². The molecule has 1 aromatic heterocycles. The fourth-order valence-electron chi connectivity index (χ4n) is 2.32. The quantitative estimate of drug-likeness (QED) is 0.925. The Balaban J connectivity index is 1.90. The molecule has 0 aliphatic heterocycles. The molecule has 88 valence electrons. The highest BCUT2D eigenvalue weighted by Crippen LogP contribution is 2.32. The summed E-state index contributed by atoms with van der Waals surface area (Å²) in [5.74, 6) is 2.13. The van der Waals surface area contributed by atoms with Crippen molar-refractivity contribution < 1.29 is 4.74 Å². The molecule has 2 rings (SSSR count). The molecule has 1 aliphatic rings. The summed E-state index contributed by atoms with van der Waals surface area (Å²) >= 11 is 3.43. The van der Waals surface area contributed by atoms with Crippen molar-refractivity contribution in [2.45, 2.75) is 19.3 Å². The van der Waals surface area contributed by atoms with Gasteiger partial charge >= 0.3 is 0 Å². The zero-order chi connectivity index (χ0) is 11.4. The summed E-state index contributed by atoms with van der Waals surface area (Å²) in [5.41, 5.74) is 5.75. The number of hydrogen-bond acceptors (Lipinski definition) is 3. The SMILES string of the molecule is NCC1CCCC1COc1ccncc1Br. The highest BCUT2D eigenvalue weighted by atomic mass is 79.9. The van der Waals surface area contributed by atoms with Crippen molar-refractivity contribution in [2.24, 2.45) is 17.6 Å². The molecular weight excluding hydrogens is 268 g/mol. The van der Waals surface area contributed by atoms with Gasteiger partial charge in [0, 0.05) is 12.4 Å². The lowest BCUT2D eigenvalue weighted by Crippen LogP contribution is -2.23. The maximum absolute atomic E-state index is 5.81. The lowest BCUT2D eigenvalue weighted by molar-refractivity contribution is 0.215. The van der Waals surface area contributed by atoms with Crippen molar-refractivity contribution in [1.29, 1.82) is 0 Å². The van der Waals surface area contributed by atoms with Crippen LogP contribution in [0.2, 0.25) is 0 Å². The molecule has 2 unspecified atom stereocenters. The van der Waals surface area contributed by atoms with Crippen LogP contribution in [0.5, 0.6) is 5.75 Å².